The lowest BCUT2D eigenvalue weighted by molar-refractivity contribution is -0.384. The molecule has 0 unspecified atom stereocenters. The summed E-state index contributed by atoms with van der Waals surface area (Å²) in [5, 5.41) is 11.1. The molecular formula is C21H24N4O3. The van der Waals surface area contributed by atoms with Gasteiger partial charge in [-0.05, 0) is 49.7 Å². The van der Waals surface area contributed by atoms with Crippen LogP contribution in [0.4, 0.5) is 5.69 Å². The van der Waals surface area contributed by atoms with Gasteiger partial charge in [0.1, 0.15) is 11.6 Å². The molecule has 7 heteroatoms. The summed E-state index contributed by atoms with van der Waals surface area (Å²) in [6, 6.07) is 12.9. The molecular weight excluding hydrogens is 356 g/mol. The van der Waals surface area contributed by atoms with Crippen LogP contribution in [0, 0.1) is 10.1 Å². The normalized spacial score (nSPS) is 14.6. The molecule has 4 rings (SSSR count). The molecule has 1 aliphatic rings. The Labute approximate surface area is 163 Å². The zero-order valence-electron chi connectivity index (χ0n) is 16.0. The molecule has 2 heterocycles. The molecule has 0 aliphatic carbocycles. The van der Waals surface area contributed by atoms with E-state index in [4.69, 9.17) is 9.72 Å². The number of methoxy groups -OCH3 is 1. The van der Waals surface area contributed by atoms with Crippen molar-refractivity contribution in [3.05, 3.63) is 64.0 Å². The van der Waals surface area contributed by atoms with Crippen LogP contribution in [-0.2, 0) is 13.0 Å². The standard InChI is InChI=1S/C21H24N4O3/c1-28-18-7-4-16(5-8-18)14-21-22-19-15-17(25(26)27)6-9-20(19)24(21)13-12-23-10-2-3-11-23/h4-9,15H,2-3,10-14H2,1H3. The number of rotatable bonds is 7. The SMILES string of the molecule is COc1ccc(Cc2nc3cc([N+](=O)[O-])ccc3n2CCN2CCCC2)cc1. The minimum Gasteiger partial charge on any atom is -0.497 e. The Morgan fingerprint density at radius 1 is 1.11 bits per heavy atom. The highest BCUT2D eigenvalue weighted by molar-refractivity contribution is 5.78. The van der Waals surface area contributed by atoms with E-state index >= 15 is 0 Å². The van der Waals surface area contributed by atoms with Crippen LogP contribution < -0.4 is 4.74 Å². The third-order valence-electron chi connectivity index (χ3n) is 5.38. The highest BCUT2D eigenvalue weighted by Gasteiger charge is 2.17. The Balaban J connectivity index is 1.66. The Bertz CT molecular complexity index is 975. The third-order valence-corrected chi connectivity index (χ3v) is 5.38. The van der Waals surface area contributed by atoms with Gasteiger partial charge in [0.15, 0.2) is 0 Å². The van der Waals surface area contributed by atoms with E-state index in [1.807, 2.05) is 30.3 Å². The van der Waals surface area contributed by atoms with Crippen molar-refractivity contribution in [2.24, 2.45) is 0 Å². The van der Waals surface area contributed by atoms with E-state index in [9.17, 15) is 10.1 Å². The molecule has 3 aromatic rings. The van der Waals surface area contributed by atoms with Crippen LogP contribution in [0.2, 0.25) is 0 Å². The van der Waals surface area contributed by atoms with Crippen LogP contribution in [0.1, 0.15) is 24.2 Å². The lowest BCUT2D eigenvalue weighted by Crippen LogP contribution is -2.24. The number of nitro benzene ring substituents is 1. The first-order valence-electron chi connectivity index (χ1n) is 9.63. The van der Waals surface area contributed by atoms with E-state index in [0.29, 0.717) is 11.9 Å². The number of nitro groups is 1. The number of hydrogen-bond acceptors (Lipinski definition) is 5. The highest BCUT2D eigenvalue weighted by atomic mass is 16.6. The molecule has 1 saturated heterocycles. The molecule has 146 valence electrons. The summed E-state index contributed by atoms with van der Waals surface area (Å²) in [5.41, 5.74) is 2.84. The Kier molecular flexibility index (Phi) is 5.25. The maximum atomic E-state index is 11.1. The molecule has 1 aliphatic heterocycles. The van der Waals surface area contributed by atoms with Gasteiger partial charge in [0, 0.05) is 31.6 Å². The van der Waals surface area contributed by atoms with Gasteiger partial charge < -0.3 is 14.2 Å². The summed E-state index contributed by atoms with van der Waals surface area (Å²) in [6.45, 7) is 4.09. The number of non-ortho nitro benzene ring substituents is 1. The molecule has 0 saturated carbocycles. The zero-order valence-corrected chi connectivity index (χ0v) is 16.0. The molecule has 2 aromatic carbocycles. The summed E-state index contributed by atoms with van der Waals surface area (Å²) < 4.78 is 7.44. The first-order chi connectivity index (χ1) is 13.6. The molecule has 28 heavy (non-hydrogen) atoms. The second kappa shape index (κ2) is 7.98. The lowest BCUT2D eigenvalue weighted by Gasteiger charge is -2.16. The second-order valence-electron chi connectivity index (χ2n) is 7.18. The van der Waals surface area contributed by atoms with Gasteiger partial charge in [-0.15, -0.1) is 0 Å². The number of nitrogens with zero attached hydrogens (tertiary/aromatic N) is 4. The van der Waals surface area contributed by atoms with Crippen LogP contribution in [0.15, 0.2) is 42.5 Å². The van der Waals surface area contributed by atoms with Crippen molar-refractivity contribution >= 4 is 16.7 Å². The Morgan fingerprint density at radius 2 is 1.86 bits per heavy atom. The van der Waals surface area contributed by atoms with Gasteiger partial charge in [-0.25, -0.2) is 4.98 Å². The molecule has 1 aromatic heterocycles. The number of imidazole rings is 1. The maximum absolute atomic E-state index is 11.1. The lowest BCUT2D eigenvalue weighted by atomic mass is 10.1. The first-order valence-corrected chi connectivity index (χ1v) is 9.63. The van der Waals surface area contributed by atoms with E-state index < -0.39 is 0 Å². The molecule has 0 N–H and O–H groups in total. The first kappa shape index (κ1) is 18.4. The summed E-state index contributed by atoms with van der Waals surface area (Å²) in [6.07, 6.45) is 3.19. The predicted molar refractivity (Wildman–Crippen MR) is 108 cm³/mol. The van der Waals surface area contributed by atoms with E-state index in [1.54, 1.807) is 19.2 Å². The average Bonchev–Trinajstić information content (AvgIpc) is 3.34. The minimum atomic E-state index is -0.369. The van der Waals surface area contributed by atoms with Crippen LogP contribution in [0.3, 0.4) is 0 Å². The van der Waals surface area contributed by atoms with Gasteiger partial charge in [-0.3, -0.25) is 10.1 Å². The van der Waals surface area contributed by atoms with Crippen molar-refractivity contribution in [2.75, 3.05) is 26.7 Å². The largest absolute Gasteiger partial charge is 0.497 e. The molecule has 0 radical (unpaired) electrons. The Morgan fingerprint density at radius 3 is 2.54 bits per heavy atom. The summed E-state index contributed by atoms with van der Waals surface area (Å²) in [4.78, 5) is 18.0. The van der Waals surface area contributed by atoms with Crippen LogP contribution in [-0.4, -0.2) is 46.1 Å². The molecule has 1 fully saturated rings. The quantitative estimate of drug-likeness (QED) is 0.462. The van der Waals surface area contributed by atoms with E-state index in [1.165, 1.54) is 12.8 Å². The number of aromatic nitrogens is 2. The maximum Gasteiger partial charge on any atom is 0.271 e. The fourth-order valence-electron chi connectivity index (χ4n) is 3.84. The Hall–Kier alpha value is -2.93. The van der Waals surface area contributed by atoms with Gasteiger partial charge in [-0.2, -0.15) is 0 Å². The topological polar surface area (TPSA) is 73.4 Å². The fraction of sp³-hybridized carbons (Fsp3) is 0.381. The van der Waals surface area contributed by atoms with Crippen molar-refractivity contribution < 1.29 is 9.66 Å². The van der Waals surface area contributed by atoms with Gasteiger partial charge in [0.25, 0.3) is 5.69 Å². The van der Waals surface area contributed by atoms with Crippen LogP contribution >= 0.6 is 0 Å². The average molecular weight is 380 g/mol. The summed E-state index contributed by atoms with van der Waals surface area (Å²) in [7, 11) is 1.65. The number of fused-ring (bicyclic) bond motifs is 1. The third kappa shape index (κ3) is 3.84. The number of benzene rings is 2. The van der Waals surface area contributed by atoms with E-state index in [-0.39, 0.29) is 10.6 Å². The second-order valence-corrected chi connectivity index (χ2v) is 7.18. The van der Waals surface area contributed by atoms with Gasteiger partial charge >= 0.3 is 0 Å². The van der Waals surface area contributed by atoms with Gasteiger partial charge in [0.05, 0.1) is 23.1 Å². The minimum absolute atomic E-state index is 0.0766. The molecule has 0 spiro atoms. The van der Waals surface area contributed by atoms with Gasteiger partial charge in [-0.1, -0.05) is 12.1 Å². The molecule has 7 nitrogen and oxygen atoms in total. The molecule has 0 bridgehead atoms. The monoisotopic (exact) mass is 380 g/mol. The fourth-order valence-corrected chi connectivity index (χ4v) is 3.84. The number of hydrogen-bond donors (Lipinski definition) is 0. The highest BCUT2D eigenvalue weighted by Crippen LogP contribution is 2.24. The van der Waals surface area contributed by atoms with E-state index in [2.05, 4.69) is 9.47 Å². The van der Waals surface area contributed by atoms with E-state index in [0.717, 1.165) is 48.8 Å². The van der Waals surface area contributed by atoms with Crippen molar-refractivity contribution in [3.8, 4) is 5.75 Å². The molecule has 0 atom stereocenters. The molecule has 0 amide bonds. The summed E-state index contributed by atoms with van der Waals surface area (Å²) >= 11 is 0. The van der Waals surface area contributed by atoms with Crippen molar-refractivity contribution in [2.45, 2.75) is 25.8 Å². The van der Waals surface area contributed by atoms with Gasteiger partial charge in [0.2, 0.25) is 0 Å². The predicted octanol–water partition coefficient (Wildman–Crippen LogP) is 3.64. The van der Waals surface area contributed by atoms with Crippen molar-refractivity contribution in [3.63, 3.8) is 0 Å². The van der Waals surface area contributed by atoms with Crippen molar-refractivity contribution in [1.82, 2.24) is 14.5 Å². The summed E-state index contributed by atoms with van der Waals surface area (Å²) in [5.74, 6) is 1.75. The number of ether oxygens (including phenoxy) is 1. The van der Waals surface area contributed by atoms with Crippen LogP contribution in [0.25, 0.3) is 11.0 Å². The van der Waals surface area contributed by atoms with Crippen molar-refractivity contribution in [1.29, 1.82) is 0 Å². The zero-order chi connectivity index (χ0) is 19.5. The van der Waals surface area contributed by atoms with Crippen LogP contribution in [0.5, 0.6) is 5.75 Å². The smallest absolute Gasteiger partial charge is 0.271 e. The number of likely N-dealkylation sites (tertiary alicyclic amines) is 1.